The zero-order chi connectivity index (χ0) is 24.3. The molecule has 5 heteroatoms. The van der Waals surface area contributed by atoms with E-state index in [0.717, 1.165) is 28.7 Å². The van der Waals surface area contributed by atoms with Crippen molar-refractivity contribution >= 4 is 11.8 Å². The molecule has 0 saturated carbocycles. The van der Waals surface area contributed by atoms with Crippen LogP contribution in [-0.2, 0) is 22.6 Å². The van der Waals surface area contributed by atoms with Crippen LogP contribution in [-0.4, -0.2) is 35.9 Å². The van der Waals surface area contributed by atoms with E-state index in [1.807, 2.05) is 99.6 Å². The van der Waals surface area contributed by atoms with Crippen molar-refractivity contribution in [1.29, 1.82) is 0 Å². The smallest absolute Gasteiger partial charge is 0.261 e. The van der Waals surface area contributed by atoms with E-state index in [1.165, 1.54) is 0 Å². The standard InChI is InChI=1S/C29H34N2O3/c1-4-17-30-29(33)27(19-24-10-6-5-7-11-24)31(20-25-15-13-22(2)14-16-25)28(32)21-34-26-12-8-9-23(3)18-26/h5-16,18,27H,4,17,19-21H2,1-3H3,(H,30,33)/t27-/m1/s1. The van der Waals surface area contributed by atoms with Crippen LogP contribution < -0.4 is 10.1 Å². The first-order valence-electron chi connectivity index (χ1n) is 11.8. The van der Waals surface area contributed by atoms with Crippen LogP contribution in [0.3, 0.4) is 0 Å². The molecule has 0 aliphatic rings. The molecule has 0 bridgehead atoms. The summed E-state index contributed by atoms with van der Waals surface area (Å²) in [5, 5.41) is 2.99. The number of nitrogens with zero attached hydrogens (tertiary/aromatic N) is 1. The van der Waals surface area contributed by atoms with E-state index in [2.05, 4.69) is 5.32 Å². The van der Waals surface area contributed by atoms with Crippen LogP contribution >= 0.6 is 0 Å². The summed E-state index contributed by atoms with van der Waals surface area (Å²) in [7, 11) is 0. The second-order valence-electron chi connectivity index (χ2n) is 8.61. The van der Waals surface area contributed by atoms with E-state index in [0.29, 0.717) is 25.3 Å². The average Bonchev–Trinajstić information content (AvgIpc) is 2.85. The Kier molecular flexibility index (Phi) is 9.27. The largest absolute Gasteiger partial charge is 0.484 e. The molecule has 0 spiro atoms. The monoisotopic (exact) mass is 458 g/mol. The van der Waals surface area contributed by atoms with Crippen molar-refractivity contribution in [1.82, 2.24) is 10.2 Å². The first kappa shape index (κ1) is 25.0. The third-order valence-corrected chi connectivity index (χ3v) is 5.65. The van der Waals surface area contributed by atoms with Crippen LogP contribution in [0, 0.1) is 13.8 Å². The lowest BCUT2D eigenvalue weighted by Gasteiger charge is -2.31. The van der Waals surface area contributed by atoms with Gasteiger partial charge in [0, 0.05) is 19.5 Å². The molecule has 178 valence electrons. The third kappa shape index (κ3) is 7.48. The SMILES string of the molecule is CCCNC(=O)[C@@H](Cc1ccccc1)N(Cc1ccc(C)cc1)C(=O)COc1cccc(C)c1. The zero-order valence-electron chi connectivity index (χ0n) is 20.3. The molecule has 0 unspecified atom stereocenters. The number of nitrogens with one attached hydrogen (secondary N) is 1. The fraction of sp³-hybridized carbons (Fsp3) is 0.310. The van der Waals surface area contributed by atoms with Crippen molar-refractivity contribution < 1.29 is 14.3 Å². The van der Waals surface area contributed by atoms with Crippen molar-refractivity contribution in [3.05, 3.63) is 101 Å². The third-order valence-electron chi connectivity index (χ3n) is 5.65. The molecule has 34 heavy (non-hydrogen) atoms. The molecule has 0 aliphatic carbocycles. The highest BCUT2D eigenvalue weighted by Gasteiger charge is 2.30. The molecule has 0 heterocycles. The number of hydrogen-bond acceptors (Lipinski definition) is 3. The predicted molar refractivity (Wildman–Crippen MR) is 136 cm³/mol. The summed E-state index contributed by atoms with van der Waals surface area (Å²) < 4.78 is 5.82. The minimum atomic E-state index is -0.649. The van der Waals surface area contributed by atoms with E-state index in [1.54, 1.807) is 4.90 Å². The summed E-state index contributed by atoms with van der Waals surface area (Å²) in [4.78, 5) is 28.4. The summed E-state index contributed by atoms with van der Waals surface area (Å²) in [6.07, 6.45) is 1.25. The second kappa shape index (κ2) is 12.6. The number of carbonyl (C=O) groups is 2. The lowest BCUT2D eigenvalue weighted by atomic mass is 10.0. The van der Waals surface area contributed by atoms with Gasteiger partial charge in [0.15, 0.2) is 6.61 Å². The Labute approximate surface area is 202 Å². The molecule has 3 rings (SSSR count). The fourth-order valence-corrected chi connectivity index (χ4v) is 3.74. The molecule has 0 saturated heterocycles. The van der Waals surface area contributed by atoms with E-state index >= 15 is 0 Å². The molecular weight excluding hydrogens is 424 g/mol. The molecule has 0 fully saturated rings. The molecule has 1 atom stereocenters. The van der Waals surface area contributed by atoms with Gasteiger partial charge in [0.1, 0.15) is 11.8 Å². The van der Waals surface area contributed by atoms with Gasteiger partial charge in [-0.05, 0) is 49.1 Å². The number of benzene rings is 3. The zero-order valence-corrected chi connectivity index (χ0v) is 20.3. The summed E-state index contributed by atoms with van der Waals surface area (Å²) in [6.45, 7) is 6.77. The number of ether oxygens (including phenoxy) is 1. The van der Waals surface area contributed by atoms with Crippen LogP contribution in [0.5, 0.6) is 5.75 Å². The molecule has 3 aromatic carbocycles. The van der Waals surface area contributed by atoms with Gasteiger partial charge in [0.2, 0.25) is 5.91 Å². The minimum Gasteiger partial charge on any atom is -0.484 e. The van der Waals surface area contributed by atoms with Gasteiger partial charge in [-0.2, -0.15) is 0 Å². The highest BCUT2D eigenvalue weighted by molar-refractivity contribution is 5.88. The first-order valence-corrected chi connectivity index (χ1v) is 11.8. The van der Waals surface area contributed by atoms with Crippen molar-refractivity contribution in [3.8, 4) is 5.75 Å². The number of hydrogen-bond donors (Lipinski definition) is 1. The van der Waals surface area contributed by atoms with Crippen LogP contribution in [0.15, 0.2) is 78.9 Å². The number of carbonyl (C=O) groups excluding carboxylic acids is 2. The normalized spacial score (nSPS) is 11.5. The van der Waals surface area contributed by atoms with Gasteiger partial charge < -0.3 is 15.0 Å². The maximum Gasteiger partial charge on any atom is 0.261 e. The second-order valence-corrected chi connectivity index (χ2v) is 8.61. The quantitative estimate of drug-likeness (QED) is 0.447. The van der Waals surface area contributed by atoms with Crippen molar-refractivity contribution in [2.45, 2.75) is 46.2 Å². The van der Waals surface area contributed by atoms with E-state index in [9.17, 15) is 9.59 Å². The highest BCUT2D eigenvalue weighted by atomic mass is 16.5. The molecular formula is C29H34N2O3. The Morgan fingerprint density at radius 3 is 2.29 bits per heavy atom. The Bertz CT molecular complexity index is 1060. The summed E-state index contributed by atoms with van der Waals surface area (Å²) >= 11 is 0. The fourth-order valence-electron chi connectivity index (χ4n) is 3.74. The molecule has 3 aromatic rings. The topological polar surface area (TPSA) is 58.6 Å². The van der Waals surface area contributed by atoms with Crippen LogP contribution in [0.1, 0.15) is 35.6 Å². The number of aryl methyl sites for hydroxylation is 2. The van der Waals surface area contributed by atoms with Crippen LogP contribution in [0.25, 0.3) is 0 Å². The summed E-state index contributed by atoms with van der Waals surface area (Å²) in [5.41, 5.74) is 4.17. The van der Waals surface area contributed by atoms with Crippen LogP contribution in [0.2, 0.25) is 0 Å². The molecule has 1 N–H and O–H groups in total. The van der Waals surface area contributed by atoms with Gasteiger partial charge in [0.05, 0.1) is 0 Å². The van der Waals surface area contributed by atoms with Crippen molar-refractivity contribution in [2.75, 3.05) is 13.2 Å². The Morgan fingerprint density at radius 2 is 1.62 bits per heavy atom. The molecule has 2 amide bonds. The Balaban J connectivity index is 1.88. The molecule has 0 aliphatic heterocycles. The van der Waals surface area contributed by atoms with Gasteiger partial charge in [0.25, 0.3) is 5.91 Å². The van der Waals surface area contributed by atoms with Gasteiger partial charge in [-0.1, -0.05) is 79.2 Å². The van der Waals surface area contributed by atoms with Gasteiger partial charge in [-0.25, -0.2) is 0 Å². The first-order chi connectivity index (χ1) is 16.5. The van der Waals surface area contributed by atoms with Gasteiger partial charge in [-0.15, -0.1) is 0 Å². The lowest BCUT2D eigenvalue weighted by molar-refractivity contribution is -0.142. The predicted octanol–water partition coefficient (Wildman–Crippen LogP) is 4.85. The lowest BCUT2D eigenvalue weighted by Crippen LogP contribution is -2.51. The summed E-state index contributed by atoms with van der Waals surface area (Å²) in [5.74, 6) is 0.259. The van der Waals surface area contributed by atoms with E-state index in [4.69, 9.17) is 4.74 Å². The number of amides is 2. The van der Waals surface area contributed by atoms with Crippen molar-refractivity contribution in [3.63, 3.8) is 0 Å². The maximum atomic E-state index is 13.5. The highest BCUT2D eigenvalue weighted by Crippen LogP contribution is 2.17. The summed E-state index contributed by atoms with van der Waals surface area (Å²) in [6, 6.07) is 24.8. The van der Waals surface area contributed by atoms with Gasteiger partial charge >= 0.3 is 0 Å². The Morgan fingerprint density at radius 1 is 0.882 bits per heavy atom. The molecule has 5 nitrogen and oxygen atoms in total. The minimum absolute atomic E-state index is 0.137. The van der Waals surface area contributed by atoms with Gasteiger partial charge in [-0.3, -0.25) is 9.59 Å². The number of rotatable bonds is 11. The molecule has 0 radical (unpaired) electrons. The van der Waals surface area contributed by atoms with E-state index in [-0.39, 0.29) is 18.4 Å². The average molecular weight is 459 g/mol. The van der Waals surface area contributed by atoms with E-state index < -0.39 is 6.04 Å². The van der Waals surface area contributed by atoms with Crippen molar-refractivity contribution in [2.24, 2.45) is 0 Å². The van der Waals surface area contributed by atoms with Crippen LogP contribution in [0.4, 0.5) is 0 Å². The Hall–Kier alpha value is -3.60. The maximum absolute atomic E-state index is 13.5. The molecule has 0 aromatic heterocycles.